The predicted octanol–water partition coefficient (Wildman–Crippen LogP) is 1.10. The van der Waals surface area contributed by atoms with Crippen LogP contribution in [0.1, 0.15) is 11.6 Å². The fourth-order valence-corrected chi connectivity index (χ4v) is 1.37. The topological polar surface area (TPSA) is 81.1 Å². The third-order valence-electron chi connectivity index (χ3n) is 2.32. The summed E-state index contributed by atoms with van der Waals surface area (Å²) in [6, 6.07) is 4.57. The number of nitrogens with two attached hydrogens (primary N) is 1. The van der Waals surface area contributed by atoms with Crippen LogP contribution in [0, 0.1) is 5.82 Å². The van der Waals surface area contributed by atoms with Crippen molar-refractivity contribution in [2.45, 2.75) is 6.04 Å². The molecule has 5 nitrogen and oxygen atoms in total. The lowest BCUT2D eigenvalue weighted by atomic mass is 10.2. The lowest BCUT2D eigenvalue weighted by Crippen LogP contribution is -2.19. The number of carboxylic acid groups (broad SMARTS) is 1. The molecule has 0 aliphatic carbocycles. The molecule has 0 fully saturated rings. The normalized spacial score (nSPS) is 12.4. The minimum atomic E-state index is -1.12. The highest BCUT2D eigenvalue weighted by molar-refractivity contribution is 5.74. The molecule has 0 amide bonds. The van der Waals surface area contributed by atoms with Gasteiger partial charge >= 0.3 is 5.97 Å². The first-order valence-corrected chi connectivity index (χ1v) is 4.87. The van der Waals surface area contributed by atoms with E-state index >= 15 is 0 Å². The van der Waals surface area contributed by atoms with Crippen molar-refractivity contribution in [3.63, 3.8) is 0 Å². The second kappa shape index (κ2) is 4.34. The van der Waals surface area contributed by atoms with E-state index in [9.17, 15) is 9.18 Å². The largest absolute Gasteiger partial charge is 0.480 e. The van der Waals surface area contributed by atoms with E-state index in [0.29, 0.717) is 11.3 Å². The maximum absolute atomic E-state index is 12.7. The number of carboxylic acids is 1. The van der Waals surface area contributed by atoms with Crippen molar-refractivity contribution in [2.75, 3.05) is 0 Å². The first kappa shape index (κ1) is 11.3. The Balaban J connectivity index is 2.29. The quantitative estimate of drug-likeness (QED) is 0.834. The number of benzene rings is 1. The summed E-state index contributed by atoms with van der Waals surface area (Å²) in [6.45, 7) is 0. The maximum atomic E-state index is 12.7. The van der Waals surface area contributed by atoms with Gasteiger partial charge in [0.1, 0.15) is 11.9 Å². The lowest BCUT2D eigenvalue weighted by molar-refractivity contribution is -0.138. The van der Waals surface area contributed by atoms with Gasteiger partial charge in [0.25, 0.3) is 0 Å². The van der Waals surface area contributed by atoms with Crippen LogP contribution in [0.15, 0.2) is 36.7 Å². The molecule has 2 aromatic rings. The smallest absolute Gasteiger partial charge is 0.325 e. The van der Waals surface area contributed by atoms with Crippen LogP contribution in [0.2, 0.25) is 0 Å². The molecule has 0 aliphatic heterocycles. The van der Waals surface area contributed by atoms with Crippen LogP contribution in [-0.2, 0) is 4.79 Å². The average molecular weight is 235 g/mol. The minimum Gasteiger partial charge on any atom is -0.480 e. The van der Waals surface area contributed by atoms with Gasteiger partial charge in [0, 0.05) is 11.8 Å². The van der Waals surface area contributed by atoms with Crippen LogP contribution < -0.4 is 5.73 Å². The van der Waals surface area contributed by atoms with Crippen LogP contribution >= 0.6 is 0 Å². The van der Waals surface area contributed by atoms with Crippen molar-refractivity contribution >= 4 is 5.97 Å². The molecule has 1 aromatic heterocycles. The molecule has 6 heteroatoms. The Morgan fingerprint density at radius 3 is 2.65 bits per heavy atom. The zero-order chi connectivity index (χ0) is 12.4. The SMILES string of the molecule is NC(C(=O)O)c1cnn(-c2ccc(F)cc2)c1. The molecule has 0 aliphatic rings. The van der Waals surface area contributed by atoms with E-state index in [-0.39, 0.29) is 5.82 Å². The van der Waals surface area contributed by atoms with Crippen molar-refractivity contribution < 1.29 is 14.3 Å². The second-order valence-corrected chi connectivity index (χ2v) is 3.51. The van der Waals surface area contributed by atoms with E-state index in [4.69, 9.17) is 10.8 Å². The fourth-order valence-electron chi connectivity index (χ4n) is 1.37. The van der Waals surface area contributed by atoms with Gasteiger partial charge < -0.3 is 10.8 Å². The van der Waals surface area contributed by atoms with Gasteiger partial charge in [-0.05, 0) is 24.3 Å². The van der Waals surface area contributed by atoms with Gasteiger partial charge in [-0.1, -0.05) is 0 Å². The van der Waals surface area contributed by atoms with Crippen LogP contribution in [-0.4, -0.2) is 20.9 Å². The molecule has 17 heavy (non-hydrogen) atoms. The van der Waals surface area contributed by atoms with Gasteiger partial charge in [0.15, 0.2) is 0 Å². The molecule has 88 valence electrons. The number of carbonyl (C=O) groups is 1. The highest BCUT2D eigenvalue weighted by Gasteiger charge is 2.16. The van der Waals surface area contributed by atoms with E-state index < -0.39 is 12.0 Å². The molecule has 2 rings (SSSR count). The van der Waals surface area contributed by atoms with E-state index in [1.807, 2.05) is 0 Å². The highest BCUT2D eigenvalue weighted by Crippen LogP contribution is 2.13. The number of aliphatic carboxylic acids is 1. The number of hydrogen-bond donors (Lipinski definition) is 2. The van der Waals surface area contributed by atoms with E-state index in [1.54, 1.807) is 12.1 Å². The summed E-state index contributed by atoms with van der Waals surface area (Å²) < 4.78 is 14.2. The van der Waals surface area contributed by atoms with Crippen LogP contribution in [0.3, 0.4) is 0 Å². The number of rotatable bonds is 3. The van der Waals surface area contributed by atoms with Gasteiger partial charge in [-0.15, -0.1) is 0 Å². The third-order valence-corrected chi connectivity index (χ3v) is 2.32. The number of nitrogens with zero attached hydrogens (tertiary/aromatic N) is 2. The van der Waals surface area contributed by atoms with Gasteiger partial charge in [-0.25, -0.2) is 9.07 Å². The van der Waals surface area contributed by atoms with E-state index in [2.05, 4.69) is 5.10 Å². The molecule has 3 N–H and O–H groups in total. The summed E-state index contributed by atoms with van der Waals surface area (Å²) >= 11 is 0. The fraction of sp³-hybridized carbons (Fsp3) is 0.0909. The van der Waals surface area contributed by atoms with Crippen molar-refractivity contribution in [3.05, 3.63) is 48.0 Å². The Morgan fingerprint density at radius 1 is 1.41 bits per heavy atom. The first-order chi connectivity index (χ1) is 8.08. The standard InChI is InChI=1S/C11H10FN3O2/c12-8-1-3-9(4-2-8)15-6-7(5-14-15)10(13)11(16)17/h1-6,10H,13H2,(H,16,17). The van der Waals surface area contributed by atoms with Crippen LogP contribution in [0.5, 0.6) is 0 Å². The number of hydrogen-bond acceptors (Lipinski definition) is 3. The molecule has 0 spiro atoms. The molecular formula is C11H10FN3O2. The summed E-state index contributed by atoms with van der Waals surface area (Å²) in [5.41, 5.74) is 6.47. The molecule has 1 atom stereocenters. The monoisotopic (exact) mass is 235 g/mol. The summed E-state index contributed by atoms with van der Waals surface area (Å²) in [5, 5.41) is 12.7. The Hall–Kier alpha value is -2.21. The third kappa shape index (κ3) is 2.31. The molecule has 1 unspecified atom stereocenters. The zero-order valence-electron chi connectivity index (χ0n) is 8.75. The summed E-state index contributed by atoms with van der Waals surface area (Å²) in [5.74, 6) is -1.47. The summed E-state index contributed by atoms with van der Waals surface area (Å²) in [4.78, 5) is 10.7. The summed E-state index contributed by atoms with van der Waals surface area (Å²) in [7, 11) is 0. The van der Waals surface area contributed by atoms with Gasteiger partial charge in [-0.3, -0.25) is 4.79 Å². The highest BCUT2D eigenvalue weighted by atomic mass is 19.1. The van der Waals surface area contributed by atoms with E-state index in [1.165, 1.54) is 29.2 Å². The Labute approximate surface area is 96.3 Å². The van der Waals surface area contributed by atoms with Gasteiger partial charge in [0.05, 0.1) is 11.9 Å². The van der Waals surface area contributed by atoms with Gasteiger partial charge in [0.2, 0.25) is 0 Å². The zero-order valence-corrected chi connectivity index (χ0v) is 8.75. The van der Waals surface area contributed by atoms with Crippen molar-refractivity contribution in [3.8, 4) is 5.69 Å². The molecule has 0 bridgehead atoms. The van der Waals surface area contributed by atoms with Gasteiger partial charge in [-0.2, -0.15) is 5.10 Å². The minimum absolute atomic E-state index is 0.344. The Kier molecular flexibility index (Phi) is 2.88. The Morgan fingerprint density at radius 2 is 2.06 bits per heavy atom. The maximum Gasteiger partial charge on any atom is 0.325 e. The Bertz CT molecular complexity index is 536. The second-order valence-electron chi connectivity index (χ2n) is 3.51. The predicted molar refractivity (Wildman–Crippen MR) is 58.1 cm³/mol. The number of halogens is 1. The summed E-state index contributed by atoms with van der Waals surface area (Å²) in [6.07, 6.45) is 2.88. The van der Waals surface area contributed by atoms with Crippen molar-refractivity contribution in [1.29, 1.82) is 0 Å². The van der Waals surface area contributed by atoms with Crippen LogP contribution in [0.25, 0.3) is 5.69 Å². The molecule has 1 aromatic carbocycles. The first-order valence-electron chi connectivity index (χ1n) is 4.87. The average Bonchev–Trinajstić information content (AvgIpc) is 2.78. The van der Waals surface area contributed by atoms with Crippen molar-refractivity contribution in [2.24, 2.45) is 5.73 Å². The van der Waals surface area contributed by atoms with Crippen LogP contribution in [0.4, 0.5) is 4.39 Å². The van der Waals surface area contributed by atoms with Crippen molar-refractivity contribution in [1.82, 2.24) is 9.78 Å². The van der Waals surface area contributed by atoms with E-state index in [0.717, 1.165) is 0 Å². The molecule has 0 saturated heterocycles. The molecule has 0 saturated carbocycles. The lowest BCUT2D eigenvalue weighted by Gasteiger charge is -2.02. The molecule has 0 radical (unpaired) electrons. The number of aromatic nitrogens is 2. The molecular weight excluding hydrogens is 225 g/mol. The molecule has 1 heterocycles.